The molecular weight excluding hydrogens is 312 g/mol. The van der Waals surface area contributed by atoms with Gasteiger partial charge in [-0.2, -0.15) is 0 Å². The third-order valence-corrected chi connectivity index (χ3v) is 4.52. The van der Waals surface area contributed by atoms with Gasteiger partial charge in [-0.05, 0) is 36.4 Å². The number of halogens is 1. The number of nitrogens with zero attached hydrogens (tertiary/aromatic N) is 1. The van der Waals surface area contributed by atoms with E-state index in [-0.39, 0.29) is 15.7 Å². The summed E-state index contributed by atoms with van der Waals surface area (Å²) in [6, 6.07) is 9.46. The molecule has 0 amide bonds. The number of H-pyrrole nitrogens is 1. The maximum Gasteiger partial charge on any atom is 0.175 e. The van der Waals surface area contributed by atoms with Gasteiger partial charge in [-0.25, -0.2) is 13.4 Å². The number of phenols is 1. The molecule has 1 heterocycles. The largest absolute Gasteiger partial charge is 0.506 e. The number of aromatic hydroxyl groups is 1. The molecule has 0 aliphatic rings. The number of rotatable bonds is 2. The van der Waals surface area contributed by atoms with E-state index < -0.39 is 9.84 Å². The number of nitrogens with one attached hydrogen (secondary N) is 1. The SMILES string of the molecule is CS(=O)(=O)c1ccc2nc(-c3ccc(O)c(Cl)c3)[nH]c2c1. The van der Waals surface area contributed by atoms with Gasteiger partial charge in [0.2, 0.25) is 0 Å². The molecule has 0 atom stereocenters. The van der Waals surface area contributed by atoms with Gasteiger partial charge >= 0.3 is 0 Å². The van der Waals surface area contributed by atoms with Crippen molar-refractivity contribution in [1.82, 2.24) is 9.97 Å². The lowest BCUT2D eigenvalue weighted by atomic mass is 10.2. The molecule has 0 spiro atoms. The van der Waals surface area contributed by atoms with Crippen LogP contribution >= 0.6 is 11.6 Å². The fourth-order valence-corrected chi connectivity index (χ4v) is 2.84. The molecule has 1 aromatic heterocycles. The Kier molecular flexibility index (Phi) is 3.15. The molecule has 5 nitrogen and oxygen atoms in total. The molecule has 108 valence electrons. The first kappa shape index (κ1) is 13.9. The summed E-state index contributed by atoms with van der Waals surface area (Å²) in [4.78, 5) is 7.67. The van der Waals surface area contributed by atoms with Crippen molar-refractivity contribution in [2.45, 2.75) is 4.90 Å². The fraction of sp³-hybridized carbons (Fsp3) is 0.0714. The second-order valence-electron chi connectivity index (χ2n) is 4.70. The van der Waals surface area contributed by atoms with Crippen LogP contribution in [0.5, 0.6) is 5.75 Å². The zero-order valence-corrected chi connectivity index (χ0v) is 12.5. The number of phenolic OH excluding ortho intramolecular Hbond substituents is 1. The van der Waals surface area contributed by atoms with Gasteiger partial charge in [-0.15, -0.1) is 0 Å². The number of sulfone groups is 1. The van der Waals surface area contributed by atoms with Crippen LogP contribution < -0.4 is 0 Å². The van der Waals surface area contributed by atoms with Crippen LogP contribution in [0.4, 0.5) is 0 Å². The van der Waals surface area contributed by atoms with Gasteiger partial charge in [0.05, 0.1) is 21.0 Å². The van der Waals surface area contributed by atoms with Crippen molar-refractivity contribution in [3.63, 3.8) is 0 Å². The zero-order valence-electron chi connectivity index (χ0n) is 11.0. The van der Waals surface area contributed by atoms with Crippen LogP contribution in [-0.4, -0.2) is 29.7 Å². The van der Waals surface area contributed by atoms with Crippen LogP contribution in [0.2, 0.25) is 5.02 Å². The van der Waals surface area contributed by atoms with E-state index in [0.717, 1.165) is 6.26 Å². The molecule has 21 heavy (non-hydrogen) atoms. The van der Waals surface area contributed by atoms with Crippen molar-refractivity contribution in [3.05, 3.63) is 41.4 Å². The van der Waals surface area contributed by atoms with E-state index in [2.05, 4.69) is 9.97 Å². The van der Waals surface area contributed by atoms with Crippen molar-refractivity contribution in [1.29, 1.82) is 0 Å². The number of fused-ring (bicyclic) bond motifs is 1. The number of hydrogen-bond acceptors (Lipinski definition) is 4. The average Bonchev–Trinajstić information content (AvgIpc) is 2.83. The summed E-state index contributed by atoms with van der Waals surface area (Å²) in [5.74, 6) is 0.549. The van der Waals surface area contributed by atoms with E-state index in [1.54, 1.807) is 24.3 Å². The van der Waals surface area contributed by atoms with Crippen LogP contribution in [0, 0.1) is 0 Å². The lowest BCUT2D eigenvalue weighted by Gasteiger charge is -1.99. The Morgan fingerprint density at radius 1 is 1.19 bits per heavy atom. The van der Waals surface area contributed by atoms with E-state index in [1.807, 2.05) is 0 Å². The van der Waals surface area contributed by atoms with Gasteiger partial charge < -0.3 is 10.1 Å². The normalized spacial score (nSPS) is 11.9. The van der Waals surface area contributed by atoms with Gasteiger partial charge in [-0.3, -0.25) is 0 Å². The quantitative estimate of drug-likeness (QED) is 0.759. The summed E-state index contributed by atoms with van der Waals surface area (Å²) in [5.41, 5.74) is 1.98. The van der Waals surface area contributed by atoms with Crippen molar-refractivity contribution in [2.75, 3.05) is 6.26 Å². The Hall–Kier alpha value is -2.05. The van der Waals surface area contributed by atoms with Crippen LogP contribution in [0.3, 0.4) is 0 Å². The molecule has 2 N–H and O–H groups in total. The highest BCUT2D eigenvalue weighted by Gasteiger charge is 2.11. The van der Waals surface area contributed by atoms with Crippen molar-refractivity contribution < 1.29 is 13.5 Å². The molecule has 0 saturated heterocycles. The van der Waals surface area contributed by atoms with Crippen molar-refractivity contribution in [3.8, 4) is 17.1 Å². The Morgan fingerprint density at radius 2 is 1.95 bits per heavy atom. The number of benzene rings is 2. The van der Waals surface area contributed by atoms with E-state index in [4.69, 9.17) is 11.6 Å². The second-order valence-corrected chi connectivity index (χ2v) is 7.13. The molecular formula is C14H11ClN2O3S. The van der Waals surface area contributed by atoms with Crippen molar-refractivity contribution >= 4 is 32.5 Å². The van der Waals surface area contributed by atoms with Crippen LogP contribution in [-0.2, 0) is 9.84 Å². The van der Waals surface area contributed by atoms with Gasteiger partial charge in [0, 0.05) is 11.8 Å². The Morgan fingerprint density at radius 3 is 2.62 bits per heavy atom. The molecule has 0 saturated carbocycles. The number of aromatic nitrogens is 2. The highest BCUT2D eigenvalue weighted by Crippen LogP contribution is 2.29. The van der Waals surface area contributed by atoms with E-state index in [0.29, 0.717) is 22.4 Å². The summed E-state index contributed by atoms with van der Waals surface area (Å²) in [5, 5.41) is 9.65. The highest BCUT2D eigenvalue weighted by atomic mass is 35.5. The maximum atomic E-state index is 11.6. The summed E-state index contributed by atoms with van der Waals surface area (Å²) in [7, 11) is -3.26. The van der Waals surface area contributed by atoms with Crippen LogP contribution in [0.15, 0.2) is 41.3 Å². The minimum atomic E-state index is -3.26. The molecule has 0 unspecified atom stereocenters. The fourth-order valence-electron chi connectivity index (χ4n) is 2.01. The number of aromatic amines is 1. The molecule has 2 aromatic carbocycles. The maximum absolute atomic E-state index is 11.6. The third-order valence-electron chi connectivity index (χ3n) is 3.10. The first-order valence-electron chi connectivity index (χ1n) is 6.03. The van der Waals surface area contributed by atoms with Crippen LogP contribution in [0.1, 0.15) is 0 Å². The molecule has 3 aromatic rings. The average molecular weight is 323 g/mol. The lowest BCUT2D eigenvalue weighted by molar-refractivity contribution is 0.475. The molecule has 0 radical (unpaired) electrons. The van der Waals surface area contributed by atoms with Gasteiger partial charge in [0.1, 0.15) is 11.6 Å². The number of imidazole rings is 1. The molecule has 0 aliphatic carbocycles. The first-order valence-corrected chi connectivity index (χ1v) is 8.30. The summed E-state index contributed by atoms with van der Waals surface area (Å²) in [6.07, 6.45) is 1.16. The smallest absolute Gasteiger partial charge is 0.175 e. The predicted molar refractivity (Wildman–Crippen MR) is 81.3 cm³/mol. The third kappa shape index (κ3) is 2.59. The molecule has 0 bridgehead atoms. The number of hydrogen-bond donors (Lipinski definition) is 2. The monoisotopic (exact) mass is 322 g/mol. The standard InChI is InChI=1S/C14H11ClN2O3S/c1-21(19,20)9-3-4-11-12(7-9)17-14(16-11)8-2-5-13(18)10(15)6-8/h2-7,18H,1H3,(H,16,17). The Bertz CT molecular complexity index is 948. The van der Waals surface area contributed by atoms with E-state index in [9.17, 15) is 13.5 Å². The Balaban J connectivity index is 2.14. The second kappa shape index (κ2) is 4.75. The lowest BCUT2D eigenvalue weighted by Crippen LogP contribution is -1.96. The molecule has 0 aliphatic heterocycles. The van der Waals surface area contributed by atoms with E-state index >= 15 is 0 Å². The molecule has 0 fully saturated rings. The zero-order chi connectivity index (χ0) is 15.2. The van der Waals surface area contributed by atoms with Gasteiger partial charge in [-0.1, -0.05) is 11.6 Å². The van der Waals surface area contributed by atoms with Crippen LogP contribution in [0.25, 0.3) is 22.4 Å². The van der Waals surface area contributed by atoms with E-state index in [1.165, 1.54) is 12.1 Å². The topological polar surface area (TPSA) is 83.1 Å². The first-order chi connectivity index (χ1) is 9.84. The molecule has 7 heteroatoms. The minimum absolute atomic E-state index is 0.00381. The van der Waals surface area contributed by atoms with Gasteiger partial charge in [0.25, 0.3) is 0 Å². The summed E-state index contributed by atoms with van der Waals surface area (Å²) < 4.78 is 23.1. The summed E-state index contributed by atoms with van der Waals surface area (Å²) in [6.45, 7) is 0. The van der Waals surface area contributed by atoms with Gasteiger partial charge in [0.15, 0.2) is 9.84 Å². The highest BCUT2D eigenvalue weighted by molar-refractivity contribution is 7.90. The predicted octanol–water partition coefficient (Wildman–Crippen LogP) is 2.99. The minimum Gasteiger partial charge on any atom is -0.506 e. The summed E-state index contributed by atoms with van der Waals surface area (Å²) >= 11 is 5.88. The molecule has 3 rings (SSSR count). The van der Waals surface area contributed by atoms with Crippen molar-refractivity contribution in [2.24, 2.45) is 0 Å². The Labute approximate surface area is 126 Å².